The van der Waals surface area contributed by atoms with Crippen LogP contribution in [0.25, 0.3) is 0 Å². The quantitative estimate of drug-likeness (QED) is 0.246. The number of methoxy groups -OCH3 is 1. The zero-order chi connectivity index (χ0) is 30.3. The average molecular weight is 556 g/mol. The van der Waals surface area contributed by atoms with Gasteiger partial charge in [0.15, 0.2) is 5.78 Å². The summed E-state index contributed by atoms with van der Waals surface area (Å²) in [7, 11) is 1.51. The Morgan fingerprint density at radius 1 is 1.10 bits per heavy atom. The summed E-state index contributed by atoms with van der Waals surface area (Å²) in [5.41, 5.74) is -3.38. The molecular formula is C34H53NO5. The van der Waals surface area contributed by atoms with E-state index in [0.29, 0.717) is 6.42 Å². The summed E-state index contributed by atoms with van der Waals surface area (Å²) in [6, 6.07) is 2.25. The molecule has 0 N–H and O–H groups in total. The average Bonchev–Trinajstić information content (AvgIpc) is 3.61. The van der Waals surface area contributed by atoms with Gasteiger partial charge >= 0.3 is 5.97 Å². The van der Waals surface area contributed by atoms with Crippen molar-refractivity contribution >= 4 is 17.5 Å². The van der Waals surface area contributed by atoms with Crippen LogP contribution in [0.4, 0.5) is 0 Å². The molecule has 1 unspecified atom stereocenters. The molecule has 1 heterocycles. The second-order valence-corrected chi connectivity index (χ2v) is 16.5. The van der Waals surface area contributed by atoms with Gasteiger partial charge in [0.05, 0.1) is 12.5 Å². The molecular weight excluding hydrogens is 502 g/mol. The monoisotopic (exact) mass is 555 g/mol. The standard InChI is InChI=1S/C34H53NO5/c1-21-19-28(3,4)14-16-33(21,27(38)39-11)17-15-29(5,6)31(9)13-12-23-30(7,8)25(37)34(20-35)26(40-34)32(23,10)24(31)18-22(2)36/h21,23-24,26H,12-19H2,1-11H3/t21?,23-,24-,26+,31+,32-,33-,34-/m0/s1. The highest BCUT2D eigenvalue weighted by Gasteiger charge is 2.82. The molecule has 4 aliphatic rings. The molecule has 1 saturated heterocycles. The molecule has 0 spiro atoms. The molecule has 0 amide bonds. The maximum Gasteiger partial charge on any atom is 0.312 e. The van der Waals surface area contributed by atoms with E-state index in [1.165, 1.54) is 7.11 Å². The normalized spacial score (nSPS) is 43.6. The van der Waals surface area contributed by atoms with Gasteiger partial charge in [-0.3, -0.25) is 9.59 Å². The first-order valence-corrected chi connectivity index (χ1v) is 15.4. The highest BCUT2D eigenvalue weighted by Crippen LogP contribution is 2.74. The smallest absolute Gasteiger partial charge is 0.312 e. The third kappa shape index (κ3) is 4.15. The molecule has 4 rings (SSSR count). The molecule has 0 bridgehead atoms. The molecule has 0 aromatic carbocycles. The van der Waals surface area contributed by atoms with Gasteiger partial charge in [-0.15, -0.1) is 0 Å². The Hall–Kier alpha value is -1.74. The van der Waals surface area contributed by atoms with Crippen molar-refractivity contribution in [2.75, 3.05) is 7.11 Å². The van der Waals surface area contributed by atoms with E-state index in [1.807, 2.05) is 13.8 Å². The lowest BCUT2D eigenvalue weighted by Gasteiger charge is -2.65. The van der Waals surface area contributed by atoms with E-state index in [2.05, 4.69) is 54.5 Å². The summed E-state index contributed by atoms with van der Waals surface area (Å²) in [6.45, 7) is 21.5. The number of carbonyl (C=O) groups is 3. The molecule has 224 valence electrons. The molecule has 0 aromatic heterocycles. The summed E-state index contributed by atoms with van der Waals surface area (Å²) in [5, 5.41) is 10.1. The van der Waals surface area contributed by atoms with Crippen molar-refractivity contribution in [1.82, 2.24) is 0 Å². The van der Waals surface area contributed by atoms with Gasteiger partial charge in [0.25, 0.3) is 0 Å². The minimum atomic E-state index is -1.40. The second kappa shape index (κ2) is 9.38. The van der Waals surface area contributed by atoms with E-state index < -0.39 is 27.9 Å². The Balaban J connectivity index is 1.73. The molecule has 3 aliphatic carbocycles. The van der Waals surface area contributed by atoms with Crippen LogP contribution in [0.15, 0.2) is 0 Å². The fourth-order valence-electron chi connectivity index (χ4n) is 10.3. The van der Waals surface area contributed by atoms with Gasteiger partial charge in [0.1, 0.15) is 18.0 Å². The Bertz CT molecular complexity index is 1130. The number of hydrogen-bond donors (Lipinski definition) is 0. The van der Waals surface area contributed by atoms with E-state index in [1.54, 1.807) is 6.92 Å². The summed E-state index contributed by atoms with van der Waals surface area (Å²) in [6.07, 6.45) is 6.03. The number of carbonyl (C=O) groups excluding carboxylic acids is 3. The zero-order valence-corrected chi connectivity index (χ0v) is 27.0. The fourth-order valence-corrected chi connectivity index (χ4v) is 10.3. The SMILES string of the molecule is COC(=O)[C@]1(CCC(C)(C)[C@]2(C)CC[C@H]3C(C)(C)C(=O)[C@]4(C#N)O[C@@H]4[C@]3(C)[C@H]2CC(C)=O)CCC(C)(C)CC1C. The summed E-state index contributed by atoms with van der Waals surface area (Å²) in [4.78, 5) is 39.8. The van der Waals surface area contributed by atoms with E-state index in [0.717, 1.165) is 44.9 Å². The van der Waals surface area contributed by atoms with E-state index in [9.17, 15) is 19.6 Å². The van der Waals surface area contributed by atoms with Crippen LogP contribution in [0.2, 0.25) is 0 Å². The highest BCUT2D eigenvalue weighted by molar-refractivity contribution is 5.99. The van der Waals surface area contributed by atoms with Crippen molar-refractivity contribution in [1.29, 1.82) is 5.26 Å². The molecule has 4 fully saturated rings. The third-order valence-corrected chi connectivity index (χ3v) is 13.2. The summed E-state index contributed by atoms with van der Waals surface area (Å²) >= 11 is 0. The number of ether oxygens (including phenoxy) is 2. The number of rotatable bonds is 7. The van der Waals surface area contributed by atoms with Crippen LogP contribution >= 0.6 is 0 Å². The van der Waals surface area contributed by atoms with Gasteiger partial charge in [0, 0.05) is 17.3 Å². The first kappa shape index (κ1) is 31.2. The molecule has 0 aromatic rings. The van der Waals surface area contributed by atoms with Gasteiger partial charge in [-0.2, -0.15) is 5.26 Å². The lowest BCUT2D eigenvalue weighted by atomic mass is 9.37. The Labute approximate surface area is 242 Å². The Kier molecular flexibility index (Phi) is 7.32. The summed E-state index contributed by atoms with van der Waals surface area (Å²) < 4.78 is 11.6. The number of esters is 1. The molecule has 6 heteroatoms. The zero-order valence-electron chi connectivity index (χ0n) is 27.0. The minimum Gasteiger partial charge on any atom is -0.469 e. The van der Waals surface area contributed by atoms with Crippen LogP contribution in [0, 0.1) is 61.6 Å². The first-order chi connectivity index (χ1) is 18.2. The van der Waals surface area contributed by atoms with Gasteiger partial charge < -0.3 is 14.3 Å². The van der Waals surface area contributed by atoms with Crippen molar-refractivity contribution in [3.8, 4) is 6.07 Å². The van der Waals surface area contributed by atoms with Crippen LogP contribution in [0.5, 0.6) is 0 Å². The number of nitriles is 1. The third-order valence-electron chi connectivity index (χ3n) is 13.2. The number of Topliss-reactive ketones (excluding diaryl/α,β-unsaturated/α-hetero) is 2. The van der Waals surface area contributed by atoms with Crippen molar-refractivity contribution in [3.05, 3.63) is 0 Å². The largest absolute Gasteiger partial charge is 0.469 e. The lowest BCUT2D eigenvalue weighted by Crippen LogP contribution is -2.65. The molecule has 40 heavy (non-hydrogen) atoms. The summed E-state index contributed by atoms with van der Waals surface area (Å²) in [5.74, 6) is 0.113. The lowest BCUT2D eigenvalue weighted by molar-refractivity contribution is -0.179. The molecule has 8 atom stereocenters. The first-order valence-electron chi connectivity index (χ1n) is 15.4. The van der Waals surface area contributed by atoms with Gasteiger partial charge in [-0.25, -0.2) is 0 Å². The Morgan fingerprint density at radius 2 is 1.73 bits per heavy atom. The number of epoxide rings is 1. The highest BCUT2D eigenvalue weighted by atomic mass is 16.6. The van der Waals surface area contributed by atoms with E-state index in [-0.39, 0.29) is 51.5 Å². The maximum absolute atomic E-state index is 13.5. The van der Waals surface area contributed by atoms with Gasteiger partial charge in [-0.1, -0.05) is 62.3 Å². The van der Waals surface area contributed by atoms with Crippen molar-refractivity contribution < 1.29 is 23.9 Å². The van der Waals surface area contributed by atoms with E-state index in [4.69, 9.17) is 9.47 Å². The predicted molar refractivity (Wildman–Crippen MR) is 154 cm³/mol. The van der Waals surface area contributed by atoms with Crippen molar-refractivity contribution in [3.63, 3.8) is 0 Å². The fraction of sp³-hybridized carbons (Fsp3) is 0.882. The molecule has 3 saturated carbocycles. The topological polar surface area (TPSA) is 96.8 Å². The molecule has 0 radical (unpaired) electrons. The number of fused-ring (bicyclic) bond motifs is 3. The predicted octanol–water partition coefficient (Wildman–Crippen LogP) is 7.09. The number of nitrogens with zero attached hydrogens (tertiary/aromatic N) is 1. The maximum atomic E-state index is 13.5. The van der Waals surface area contributed by atoms with Crippen LogP contribution in [-0.4, -0.2) is 36.4 Å². The van der Waals surface area contributed by atoms with E-state index >= 15 is 0 Å². The van der Waals surface area contributed by atoms with Crippen LogP contribution in [0.1, 0.15) is 121 Å². The van der Waals surface area contributed by atoms with Crippen molar-refractivity contribution in [2.24, 2.45) is 50.2 Å². The Morgan fingerprint density at radius 3 is 2.25 bits per heavy atom. The van der Waals surface area contributed by atoms with Crippen LogP contribution in [0.3, 0.4) is 0 Å². The number of ketones is 2. The minimum absolute atomic E-state index is 0.0247. The van der Waals surface area contributed by atoms with Crippen LogP contribution < -0.4 is 0 Å². The van der Waals surface area contributed by atoms with Gasteiger partial charge in [0.2, 0.25) is 5.60 Å². The molecule has 1 aliphatic heterocycles. The molecule has 6 nitrogen and oxygen atoms in total. The van der Waals surface area contributed by atoms with Gasteiger partial charge in [-0.05, 0) is 85.9 Å². The second-order valence-electron chi connectivity index (χ2n) is 16.5. The van der Waals surface area contributed by atoms with Crippen LogP contribution in [-0.2, 0) is 23.9 Å². The van der Waals surface area contributed by atoms with Crippen molar-refractivity contribution in [2.45, 2.75) is 132 Å². The number of hydrogen-bond acceptors (Lipinski definition) is 6.